The number of amides is 2. The third-order valence-electron chi connectivity index (χ3n) is 4.39. The normalized spacial score (nSPS) is 18.1. The van der Waals surface area contributed by atoms with Crippen molar-refractivity contribution < 1.29 is 19.1 Å². The highest BCUT2D eigenvalue weighted by molar-refractivity contribution is 6.01. The third-order valence-corrected chi connectivity index (χ3v) is 4.39. The maximum atomic E-state index is 12.6. The predicted octanol–water partition coefficient (Wildman–Crippen LogP) is 2.20. The summed E-state index contributed by atoms with van der Waals surface area (Å²) in [5.74, 6) is 0.650. The molecule has 0 saturated heterocycles. The Bertz CT molecular complexity index is 834. The maximum absolute atomic E-state index is 12.6. The van der Waals surface area contributed by atoms with Crippen LogP contribution in [0.25, 0.3) is 0 Å². The van der Waals surface area contributed by atoms with Crippen LogP contribution in [0.15, 0.2) is 42.5 Å². The maximum Gasteiger partial charge on any atom is 0.228 e. The van der Waals surface area contributed by atoms with Crippen LogP contribution in [0.5, 0.6) is 11.5 Å². The van der Waals surface area contributed by atoms with Gasteiger partial charge in [0.15, 0.2) is 11.5 Å². The molecule has 2 N–H and O–H groups in total. The van der Waals surface area contributed by atoms with Crippen molar-refractivity contribution in [1.82, 2.24) is 5.32 Å². The van der Waals surface area contributed by atoms with Gasteiger partial charge in [-0.15, -0.1) is 0 Å². The Hall–Kier alpha value is -3.02. The van der Waals surface area contributed by atoms with E-state index in [0.29, 0.717) is 31.2 Å². The summed E-state index contributed by atoms with van der Waals surface area (Å²) in [7, 11) is 0. The lowest BCUT2D eigenvalue weighted by Gasteiger charge is -2.25. The quantitative estimate of drug-likeness (QED) is 0.899. The molecule has 2 aromatic carbocycles. The minimum atomic E-state index is -0.470. The van der Waals surface area contributed by atoms with Gasteiger partial charge in [0.05, 0.1) is 5.92 Å². The van der Waals surface area contributed by atoms with Crippen molar-refractivity contribution in [2.75, 3.05) is 18.5 Å². The van der Waals surface area contributed by atoms with Crippen LogP contribution < -0.4 is 20.1 Å². The van der Waals surface area contributed by atoms with Gasteiger partial charge in [-0.05, 0) is 29.3 Å². The molecule has 1 atom stereocenters. The van der Waals surface area contributed by atoms with E-state index in [4.69, 9.17) is 9.47 Å². The van der Waals surface area contributed by atoms with Crippen LogP contribution in [0.2, 0.25) is 0 Å². The van der Waals surface area contributed by atoms with E-state index in [0.717, 1.165) is 16.9 Å². The van der Waals surface area contributed by atoms with Gasteiger partial charge < -0.3 is 20.1 Å². The first-order valence-electron chi connectivity index (χ1n) is 8.26. The van der Waals surface area contributed by atoms with Crippen molar-refractivity contribution >= 4 is 17.5 Å². The highest BCUT2D eigenvalue weighted by Gasteiger charge is 2.30. The molecule has 0 aliphatic carbocycles. The van der Waals surface area contributed by atoms with Gasteiger partial charge in [-0.3, -0.25) is 9.59 Å². The SMILES string of the molecule is O=C1C[C@@H](C(=O)NCc2ccc3c(c2)OCCO3)c2ccccc2N1. The molecule has 0 fully saturated rings. The number of fused-ring (bicyclic) bond motifs is 2. The highest BCUT2D eigenvalue weighted by atomic mass is 16.6. The highest BCUT2D eigenvalue weighted by Crippen LogP contribution is 2.33. The Labute approximate surface area is 145 Å². The molecule has 0 aromatic heterocycles. The van der Waals surface area contributed by atoms with Gasteiger partial charge in [0, 0.05) is 18.7 Å². The molecule has 6 heteroatoms. The molecule has 25 heavy (non-hydrogen) atoms. The fourth-order valence-corrected chi connectivity index (χ4v) is 3.16. The molecule has 0 radical (unpaired) electrons. The Morgan fingerprint density at radius 2 is 1.92 bits per heavy atom. The number of carbonyl (C=O) groups is 2. The second kappa shape index (κ2) is 6.47. The first kappa shape index (κ1) is 15.5. The number of hydrogen-bond acceptors (Lipinski definition) is 4. The number of ether oxygens (including phenoxy) is 2. The summed E-state index contributed by atoms with van der Waals surface area (Å²) >= 11 is 0. The summed E-state index contributed by atoms with van der Waals surface area (Å²) in [6, 6.07) is 13.0. The standard InChI is InChI=1S/C19H18N2O4/c22-18-10-14(13-3-1-2-4-15(13)21-18)19(23)20-11-12-5-6-16-17(9-12)25-8-7-24-16/h1-6,9,14H,7-8,10-11H2,(H,20,23)(H,21,22)/t14-/m1/s1. The monoisotopic (exact) mass is 338 g/mol. The summed E-state index contributed by atoms with van der Waals surface area (Å²) < 4.78 is 11.1. The Morgan fingerprint density at radius 3 is 2.80 bits per heavy atom. The molecular formula is C19H18N2O4. The lowest BCUT2D eigenvalue weighted by Crippen LogP contribution is -2.34. The molecule has 2 aromatic rings. The van der Waals surface area contributed by atoms with Crippen molar-refractivity contribution in [3.8, 4) is 11.5 Å². The molecule has 2 heterocycles. The van der Waals surface area contributed by atoms with Crippen molar-refractivity contribution in [2.24, 2.45) is 0 Å². The van der Waals surface area contributed by atoms with E-state index in [-0.39, 0.29) is 18.2 Å². The Kier molecular flexibility index (Phi) is 4.01. The number of benzene rings is 2. The first-order chi connectivity index (χ1) is 12.2. The molecule has 0 saturated carbocycles. The molecule has 2 amide bonds. The number of para-hydroxylation sites is 1. The average Bonchev–Trinajstić information content (AvgIpc) is 2.65. The summed E-state index contributed by atoms with van der Waals surface area (Å²) in [6.45, 7) is 1.44. The van der Waals surface area contributed by atoms with Crippen LogP contribution in [0.1, 0.15) is 23.5 Å². The van der Waals surface area contributed by atoms with Crippen molar-refractivity contribution in [3.05, 3.63) is 53.6 Å². The van der Waals surface area contributed by atoms with Crippen molar-refractivity contribution in [3.63, 3.8) is 0 Å². The third kappa shape index (κ3) is 3.15. The van der Waals surface area contributed by atoms with Crippen molar-refractivity contribution in [1.29, 1.82) is 0 Å². The van der Waals surface area contributed by atoms with Gasteiger partial charge in [0.25, 0.3) is 0 Å². The van der Waals surface area contributed by atoms with Crippen LogP contribution in [0, 0.1) is 0 Å². The smallest absolute Gasteiger partial charge is 0.228 e. The number of hydrogen-bond donors (Lipinski definition) is 2. The van der Waals surface area contributed by atoms with E-state index in [1.807, 2.05) is 42.5 Å². The van der Waals surface area contributed by atoms with Gasteiger partial charge in [-0.1, -0.05) is 24.3 Å². The van der Waals surface area contributed by atoms with Crippen molar-refractivity contribution in [2.45, 2.75) is 18.9 Å². The van der Waals surface area contributed by atoms with Gasteiger partial charge in [-0.2, -0.15) is 0 Å². The van der Waals surface area contributed by atoms with E-state index in [1.54, 1.807) is 0 Å². The molecular weight excluding hydrogens is 320 g/mol. The Balaban J connectivity index is 1.47. The summed E-state index contributed by atoms with van der Waals surface area (Å²) in [6.07, 6.45) is 0.157. The Morgan fingerprint density at radius 1 is 1.12 bits per heavy atom. The lowest BCUT2D eigenvalue weighted by atomic mass is 9.90. The number of nitrogens with one attached hydrogen (secondary N) is 2. The summed E-state index contributed by atoms with van der Waals surface area (Å²) in [5, 5.41) is 5.72. The minimum Gasteiger partial charge on any atom is -0.486 e. The summed E-state index contributed by atoms with van der Waals surface area (Å²) in [4.78, 5) is 24.5. The molecule has 0 bridgehead atoms. The largest absolute Gasteiger partial charge is 0.486 e. The van der Waals surface area contributed by atoms with Gasteiger partial charge in [-0.25, -0.2) is 0 Å². The van der Waals surface area contributed by atoms with Crippen LogP contribution in [0.4, 0.5) is 5.69 Å². The summed E-state index contributed by atoms with van der Waals surface area (Å²) in [5.41, 5.74) is 2.48. The van der Waals surface area contributed by atoms with Gasteiger partial charge >= 0.3 is 0 Å². The fourth-order valence-electron chi connectivity index (χ4n) is 3.16. The molecule has 128 valence electrons. The number of anilines is 1. The van der Waals surface area contributed by atoms with Crippen LogP contribution in [0.3, 0.4) is 0 Å². The lowest BCUT2D eigenvalue weighted by molar-refractivity contribution is -0.126. The topological polar surface area (TPSA) is 76.7 Å². The van der Waals surface area contributed by atoms with E-state index in [2.05, 4.69) is 10.6 Å². The zero-order valence-corrected chi connectivity index (χ0v) is 13.6. The predicted molar refractivity (Wildman–Crippen MR) is 91.7 cm³/mol. The fraction of sp³-hybridized carbons (Fsp3) is 0.263. The first-order valence-corrected chi connectivity index (χ1v) is 8.26. The van der Waals surface area contributed by atoms with Crippen LogP contribution in [-0.4, -0.2) is 25.0 Å². The number of carbonyl (C=O) groups excluding carboxylic acids is 2. The zero-order valence-electron chi connectivity index (χ0n) is 13.6. The molecule has 2 aliphatic rings. The molecule has 0 spiro atoms. The second-order valence-electron chi connectivity index (χ2n) is 6.09. The van der Waals surface area contributed by atoms with E-state index >= 15 is 0 Å². The average molecular weight is 338 g/mol. The molecule has 2 aliphatic heterocycles. The second-order valence-corrected chi connectivity index (χ2v) is 6.09. The minimum absolute atomic E-state index is 0.141. The van der Waals surface area contributed by atoms with E-state index in [1.165, 1.54) is 0 Å². The number of rotatable bonds is 3. The zero-order chi connectivity index (χ0) is 17.2. The van der Waals surface area contributed by atoms with E-state index < -0.39 is 5.92 Å². The van der Waals surface area contributed by atoms with Crippen LogP contribution in [-0.2, 0) is 16.1 Å². The molecule has 4 rings (SSSR count). The van der Waals surface area contributed by atoms with Gasteiger partial charge in [0.2, 0.25) is 11.8 Å². The molecule has 0 unspecified atom stereocenters. The van der Waals surface area contributed by atoms with Crippen LogP contribution >= 0.6 is 0 Å². The van der Waals surface area contributed by atoms with E-state index in [9.17, 15) is 9.59 Å². The van der Waals surface area contributed by atoms with Gasteiger partial charge in [0.1, 0.15) is 13.2 Å². The molecule has 6 nitrogen and oxygen atoms in total.